The van der Waals surface area contributed by atoms with Crippen molar-refractivity contribution in [1.82, 2.24) is 4.90 Å². The van der Waals surface area contributed by atoms with Gasteiger partial charge in [0.15, 0.2) is 11.5 Å². The summed E-state index contributed by atoms with van der Waals surface area (Å²) < 4.78 is 11.0. The van der Waals surface area contributed by atoms with E-state index in [2.05, 4.69) is 24.0 Å². The fourth-order valence-corrected chi connectivity index (χ4v) is 2.62. The lowest BCUT2D eigenvalue weighted by Crippen LogP contribution is -2.34. The van der Waals surface area contributed by atoms with Crippen LogP contribution in [0.5, 0.6) is 11.5 Å². The van der Waals surface area contributed by atoms with E-state index < -0.39 is 0 Å². The van der Waals surface area contributed by atoms with Gasteiger partial charge in [0.1, 0.15) is 6.61 Å². The molecule has 1 aromatic carbocycles. The maximum atomic E-state index is 5.71. The summed E-state index contributed by atoms with van der Waals surface area (Å²) in [6.07, 6.45) is 6.99. The molecule has 0 saturated carbocycles. The summed E-state index contributed by atoms with van der Waals surface area (Å²) in [5.74, 6) is 2.42. The molecule has 1 aliphatic heterocycles. The van der Waals surface area contributed by atoms with Crippen molar-refractivity contribution in [3.63, 3.8) is 0 Å². The highest BCUT2D eigenvalue weighted by atomic mass is 16.5. The number of hydrogen-bond donors (Lipinski definition) is 0. The molecular weight excluding hydrogens is 250 g/mol. The van der Waals surface area contributed by atoms with Crippen molar-refractivity contribution >= 4 is 0 Å². The van der Waals surface area contributed by atoms with E-state index in [0.29, 0.717) is 6.61 Å². The molecule has 0 aromatic heterocycles. The highest BCUT2D eigenvalue weighted by Crippen LogP contribution is 2.25. The van der Waals surface area contributed by atoms with E-state index in [9.17, 15) is 0 Å². The molecule has 0 amide bonds. The maximum Gasteiger partial charge on any atom is 0.161 e. The van der Waals surface area contributed by atoms with Crippen molar-refractivity contribution in [3.8, 4) is 11.5 Å². The number of ether oxygens (including phenoxy) is 2. The molecule has 1 atom stereocenters. The molecule has 1 heterocycles. The first-order chi connectivity index (χ1) is 9.79. The monoisotopic (exact) mass is 275 g/mol. The Morgan fingerprint density at radius 1 is 1.25 bits per heavy atom. The molecule has 3 heteroatoms. The molecule has 0 radical (unpaired) electrons. The van der Waals surface area contributed by atoms with Gasteiger partial charge < -0.3 is 9.47 Å². The zero-order chi connectivity index (χ0) is 14.2. The standard InChI is InChI=1S/C17H25NO2/c1-15-8-7-12-18(14-15)11-5-6-13-20-17-10-4-3-9-16(17)19-2/h3-6,9-10,15H,7-8,11-14H2,1-2H3/b6-5+/t15-/m0/s1. The quantitative estimate of drug-likeness (QED) is 0.743. The SMILES string of the molecule is COc1ccccc1OC/C=C/CN1CCC[C@H](C)C1. The average molecular weight is 275 g/mol. The molecule has 2 rings (SSSR count). The van der Waals surface area contributed by atoms with Gasteiger partial charge in [0.2, 0.25) is 0 Å². The van der Waals surface area contributed by atoms with Crippen molar-refractivity contribution in [2.45, 2.75) is 19.8 Å². The van der Waals surface area contributed by atoms with E-state index in [-0.39, 0.29) is 0 Å². The van der Waals surface area contributed by atoms with Crippen LogP contribution in [0, 0.1) is 5.92 Å². The fourth-order valence-electron chi connectivity index (χ4n) is 2.62. The van der Waals surface area contributed by atoms with Crippen LogP contribution in [0.15, 0.2) is 36.4 Å². The van der Waals surface area contributed by atoms with Gasteiger partial charge in [-0.3, -0.25) is 4.90 Å². The Kier molecular flexibility index (Phi) is 5.93. The lowest BCUT2D eigenvalue weighted by atomic mass is 10.0. The number of benzene rings is 1. The average Bonchev–Trinajstić information content (AvgIpc) is 2.47. The second-order valence-electron chi connectivity index (χ2n) is 5.44. The molecule has 1 aromatic rings. The number of hydrogen-bond acceptors (Lipinski definition) is 3. The number of likely N-dealkylation sites (tertiary alicyclic amines) is 1. The van der Waals surface area contributed by atoms with Crippen LogP contribution < -0.4 is 9.47 Å². The summed E-state index contributed by atoms with van der Waals surface area (Å²) in [5, 5.41) is 0. The van der Waals surface area contributed by atoms with E-state index in [0.717, 1.165) is 24.0 Å². The van der Waals surface area contributed by atoms with Crippen molar-refractivity contribution < 1.29 is 9.47 Å². The third-order valence-corrected chi connectivity index (χ3v) is 3.68. The number of piperidine rings is 1. The van der Waals surface area contributed by atoms with E-state index in [1.807, 2.05) is 24.3 Å². The largest absolute Gasteiger partial charge is 0.493 e. The van der Waals surface area contributed by atoms with Gasteiger partial charge in [-0.1, -0.05) is 31.2 Å². The van der Waals surface area contributed by atoms with Gasteiger partial charge in [-0.2, -0.15) is 0 Å². The molecule has 0 unspecified atom stereocenters. The minimum atomic E-state index is 0.587. The lowest BCUT2D eigenvalue weighted by molar-refractivity contribution is 0.201. The van der Waals surface area contributed by atoms with Crippen LogP contribution in [0.4, 0.5) is 0 Å². The summed E-state index contributed by atoms with van der Waals surface area (Å²) in [6.45, 7) is 6.39. The molecule has 0 spiro atoms. The Morgan fingerprint density at radius 3 is 2.80 bits per heavy atom. The van der Waals surface area contributed by atoms with Gasteiger partial charge in [0, 0.05) is 13.1 Å². The van der Waals surface area contributed by atoms with Crippen LogP contribution in [0.1, 0.15) is 19.8 Å². The van der Waals surface area contributed by atoms with E-state index >= 15 is 0 Å². The molecule has 0 aliphatic carbocycles. The second-order valence-corrected chi connectivity index (χ2v) is 5.44. The van der Waals surface area contributed by atoms with E-state index in [1.54, 1.807) is 7.11 Å². The minimum absolute atomic E-state index is 0.587. The third kappa shape index (κ3) is 4.57. The van der Waals surface area contributed by atoms with Crippen LogP contribution in [-0.4, -0.2) is 38.3 Å². The fraction of sp³-hybridized carbons (Fsp3) is 0.529. The van der Waals surface area contributed by atoms with Crippen molar-refractivity contribution in [2.24, 2.45) is 5.92 Å². The van der Waals surface area contributed by atoms with Crippen molar-refractivity contribution in [3.05, 3.63) is 36.4 Å². The molecule has 1 saturated heterocycles. The van der Waals surface area contributed by atoms with Gasteiger partial charge >= 0.3 is 0 Å². The minimum Gasteiger partial charge on any atom is -0.493 e. The predicted molar refractivity (Wildman–Crippen MR) is 82.5 cm³/mol. The number of para-hydroxylation sites is 2. The van der Waals surface area contributed by atoms with E-state index in [1.165, 1.54) is 25.9 Å². The Labute approximate surface area is 122 Å². The normalized spacial score (nSPS) is 20.2. The Balaban J connectivity index is 1.71. The van der Waals surface area contributed by atoms with Crippen LogP contribution in [0.3, 0.4) is 0 Å². The smallest absolute Gasteiger partial charge is 0.161 e. The maximum absolute atomic E-state index is 5.71. The summed E-state index contributed by atoms with van der Waals surface area (Å²) in [5.41, 5.74) is 0. The number of methoxy groups -OCH3 is 1. The zero-order valence-electron chi connectivity index (χ0n) is 12.5. The summed E-state index contributed by atoms with van der Waals surface area (Å²) in [7, 11) is 1.66. The third-order valence-electron chi connectivity index (χ3n) is 3.68. The van der Waals surface area contributed by atoms with Crippen LogP contribution in [-0.2, 0) is 0 Å². The first-order valence-electron chi connectivity index (χ1n) is 7.42. The molecule has 20 heavy (non-hydrogen) atoms. The summed E-state index contributed by atoms with van der Waals surface area (Å²) >= 11 is 0. The van der Waals surface area contributed by atoms with Crippen LogP contribution in [0.25, 0.3) is 0 Å². The highest BCUT2D eigenvalue weighted by Gasteiger charge is 2.14. The lowest BCUT2D eigenvalue weighted by Gasteiger charge is -2.29. The molecule has 1 fully saturated rings. The Bertz CT molecular complexity index is 431. The first kappa shape index (κ1) is 14.9. The molecule has 110 valence electrons. The van der Waals surface area contributed by atoms with Gasteiger partial charge in [-0.15, -0.1) is 0 Å². The van der Waals surface area contributed by atoms with Crippen LogP contribution >= 0.6 is 0 Å². The Hall–Kier alpha value is -1.48. The van der Waals surface area contributed by atoms with Gasteiger partial charge in [0.25, 0.3) is 0 Å². The first-order valence-corrected chi connectivity index (χ1v) is 7.42. The Morgan fingerprint density at radius 2 is 2.05 bits per heavy atom. The molecule has 1 aliphatic rings. The number of nitrogens with zero attached hydrogens (tertiary/aromatic N) is 1. The zero-order valence-corrected chi connectivity index (χ0v) is 12.5. The van der Waals surface area contributed by atoms with Gasteiger partial charge in [-0.05, 0) is 37.4 Å². The highest BCUT2D eigenvalue weighted by molar-refractivity contribution is 5.39. The van der Waals surface area contributed by atoms with E-state index in [4.69, 9.17) is 9.47 Å². The van der Waals surface area contributed by atoms with Gasteiger partial charge in [-0.25, -0.2) is 0 Å². The topological polar surface area (TPSA) is 21.7 Å². The number of rotatable bonds is 6. The van der Waals surface area contributed by atoms with Crippen molar-refractivity contribution in [2.75, 3.05) is 33.4 Å². The summed E-state index contributed by atoms with van der Waals surface area (Å²) in [6, 6.07) is 7.74. The predicted octanol–water partition coefficient (Wildman–Crippen LogP) is 3.36. The second kappa shape index (κ2) is 7.95. The van der Waals surface area contributed by atoms with Crippen LogP contribution in [0.2, 0.25) is 0 Å². The molecular formula is C17H25NO2. The molecule has 3 nitrogen and oxygen atoms in total. The summed E-state index contributed by atoms with van der Waals surface area (Å²) in [4.78, 5) is 2.51. The molecule has 0 bridgehead atoms. The molecule has 0 N–H and O–H groups in total. The van der Waals surface area contributed by atoms with Crippen molar-refractivity contribution in [1.29, 1.82) is 0 Å². The van der Waals surface area contributed by atoms with Gasteiger partial charge in [0.05, 0.1) is 7.11 Å².